The molecule has 2 heterocycles. The predicted molar refractivity (Wildman–Crippen MR) is 82.0 cm³/mol. The Balaban J connectivity index is 1.94. The van der Waals surface area contributed by atoms with E-state index >= 15 is 0 Å². The molecule has 1 aromatic rings. The molecule has 112 valence electrons. The Morgan fingerprint density at radius 3 is 3.05 bits per heavy atom. The van der Waals surface area contributed by atoms with Crippen LogP contribution in [-0.2, 0) is 4.74 Å². The number of methoxy groups -OCH3 is 1. The lowest BCUT2D eigenvalue weighted by Gasteiger charge is -2.36. The Labute approximate surface area is 125 Å². The maximum atomic E-state index is 12.4. The summed E-state index contributed by atoms with van der Waals surface area (Å²) in [4.78, 5) is 15.5. The molecule has 1 N–H and O–H groups in total. The van der Waals surface area contributed by atoms with Crippen LogP contribution in [0.25, 0.3) is 0 Å². The molecule has 5 heteroatoms. The standard InChI is InChI=1S/C15H24N2O2S/c1-4-12(14-6-5-9-20-14)16-15(18)17-8-7-11(2)13(10-17)19-3/h5-6,9,11-13H,4,7-8,10H2,1-3H3,(H,16,18)/t11-,12+,13-/m1/s1. The highest BCUT2D eigenvalue weighted by Crippen LogP contribution is 2.23. The average Bonchev–Trinajstić information content (AvgIpc) is 2.99. The van der Waals surface area contributed by atoms with Crippen molar-refractivity contribution >= 4 is 17.4 Å². The Bertz CT molecular complexity index is 422. The van der Waals surface area contributed by atoms with Crippen LogP contribution in [0.5, 0.6) is 0 Å². The first-order chi connectivity index (χ1) is 9.65. The van der Waals surface area contributed by atoms with Gasteiger partial charge in [-0.05, 0) is 30.2 Å². The van der Waals surface area contributed by atoms with Gasteiger partial charge in [-0.1, -0.05) is 19.9 Å². The number of piperidine rings is 1. The average molecular weight is 296 g/mol. The SMILES string of the molecule is CC[C@H](NC(=O)N1CC[C@@H](C)[C@H](OC)C1)c1cccs1. The fourth-order valence-corrected chi connectivity index (χ4v) is 3.49. The Morgan fingerprint density at radius 1 is 1.65 bits per heavy atom. The molecule has 2 rings (SSSR count). The van der Waals surface area contributed by atoms with Crippen LogP contribution in [-0.4, -0.2) is 37.2 Å². The zero-order valence-electron chi connectivity index (χ0n) is 12.5. The number of carbonyl (C=O) groups excluding carboxylic acids is 1. The molecule has 3 atom stereocenters. The van der Waals surface area contributed by atoms with Gasteiger partial charge in [-0.15, -0.1) is 11.3 Å². The minimum absolute atomic E-state index is 0.0270. The molecule has 0 saturated carbocycles. The summed E-state index contributed by atoms with van der Waals surface area (Å²) in [5, 5.41) is 5.19. The summed E-state index contributed by atoms with van der Waals surface area (Å²) >= 11 is 1.69. The molecular formula is C15H24N2O2S. The molecule has 1 aliphatic rings. The summed E-state index contributed by atoms with van der Waals surface area (Å²) in [6.07, 6.45) is 2.06. The fraction of sp³-hybridized carbons (Fsp3) is 0.667. The number of likely N-dealkylation sites (tertiary alicyclic amines) is 1. The van der Waals surface area contributed by atoms with E-state index in [1.807, 2.05) is 16.3 Å². The van der Waals surface area contributed by atoms with Crippen molar-refractivity contribution in [2.24, 2.45) is 5.92 Å². The second-order valence-corrected chi connectivity index (χ2v) is 6.39. The molecule has 1 fully saturated rings. The van der Waals surface area contributed by atoms with Crippen LogP contribution < -0.4 is 5.32 Å². The summed E-state index contributed by atoms with van der Waals surface area (Å²) in [5.41, 5.74) is 0. The molecule has 1 aliphatic heterocycles. The number of carbonyl (C=O) groups is 1. The van der Waals surface area contributed by atoms with Gasteiger partial charge >= 0.3 is 6.03 Å². The molecule has 0 bridgehead atoms. The normalized spacial score (nSPS) is 24.4. The molecule has 1 aromatic heterocycles. The molecular weight excluding hydrogens is 272 g/mol. The number of thiophene rings is 1. The number of amides is 2. The third-order valence-electron chi connectivity index (χ3n) is 4.07. The van der Waals surface area contributed by atoms with E-state index in [1.54, 1.807) is 18.4 Å². The van der Waals surface area contributed by atoms with E-state index in [0.717, 1.165) is 19.4 Å². The van der Waals surface area contributed by atoms with E-state index in [2.05, 4.69) is 25.2 Å². The smallest absolute Gasteiger partial charge is 0.317 e. The van der Waals surface area contributed by atoms with Gasteiger partial charge in [-0.25, -0.2) is 4.79 Å². The Hall–Kier alpha value is -1.07. The zero-order valence-corrected chi connectivity index (χ0v) is 13.3. The van der Waals surface area contributed by atoms with Crippen molar-refractivity contribution in [1.82, 2.24) is 10.2 Å². The van der Waals surface area contributed by atoms with E-state index in [1.165, 1.54) is 4.88 Å². The van der Waals surface area contributed by atoms with Crippen LogP contribution in [0.4, 0.5) is 4.79 Å². The predicted octanol–water partition coefficient (Wildman–Crippen LogP) is 3.27. The molecule has 0 radical (unpaired) electrons. The number of urea groups is 1. The fourth-order valence-electron chi connectivity index (χ4n) is 2.63. The highest BCUT2D eigenvalue weighted by Gasteiger charge is 2.29. The molecule has 0 aliphatic carbocycles. The van der Waals surface area contributed by atoms with Gasteiger partial charge in [0.15, 0.2) is 0 Å². The van der Waals surface area contributed by atoms with Gasteiger partial charge in [-0.2, -0.15) is 0 Å². The van der Waals surface area contributed by atoms with E-state index < -0.39 is 0 Å². The van der Waals surface area contributed by atoms with Gasteiger partial charge in [0.25, 0.3) is 0 Å². The quantitative estimate of drug-likeness (QED) is 0.926. The van der Waals surface area contributed by atoms with Gasteiger partial charge in [0.2, 0.25) is 0 Å². The first kappa shape index (κ1) is 15.3. The molecule has 20 heavy (non-hydrogen) atoms. The van der Waals surface area contributed by atoms with Gasteiger partial charge in [0.05, 0.1) is 12.1 Å². The van der Waals surface area contributed by atoms with Gasteiger partial charge in [-0.3, -0.25) is 0 Å². The largest absolute Gasteiger partial charge is 0.379 e. The van der Waals surface area contributed by atoms with Crippen molar-refractivity contribution in [2.75, 3.05) is 20.2 Å². The number of hydrogen-bond acceptors (Lipinski definition) is 3. The van der Waals surface area contributed by atoms with Crippen LogP contribution in [0.15, 0.2) is 17.5 Å². The lowest BCUT2D eigenvalue weighted by atomic mass is 9.96. The zero-order chi connectivity index (χ0) is 14.5. The summed E-state index contributed by atoms with van der Waals surface area (Å²) in [7, 11) is 1.73. The van der Waals surface area contributed by atoms with Crippen LogP contribution in [0.2, 0.25) is 0 Å². The van der Waals surface area contributed by atoms with Crippen LogP contribution in [0.3, 0.4) is 0 Å². The number of ether oxygens (including phenoxy) is 1. The third-order valence-corrected chi connectivity index (χ3v) is 5.06. The van der Waals surface area contributed by atoms with Crippen molar-refractivity contribution in [3.63, 3.8) is 0 Å². The van der Waals surface area contributed by atoms with Crippen LogP contribution in [0, 0.1) is 5.92 Å². The minimum atomic E-state index is 0.0270. The summed E-state index contributed by atoms with van der Waals surface area (Å²) in [6, 6.07) is 4.25. The minimum Gasteiger partial charge on any atom is -0.379 e. The van der Waals surface area contributed by atoms with E-state index in [0.29, 0.717) is 12.5 Å². The summed E-state index contributed by atoms with van der Waals surface area (Å²) in [6.45, 7) is 5.78. The number of nitrogens with one attached hydrogen (secondary N) is 1. The first-order valence-corrected chi connectivity index (χ1v) is 8.15. The first-order valence-electron chi connectivity index (χ1n) is 7.27. The molecule has 0 aromatic carbocycles. The van der Waals surface area contributed by atoms with E-state index in [9.17, 15) is 4.79 Å². The Kier molecular flexibility index (Phi) is 5.43. The molecule has 0 unspecified atom stereocenters. The molecule has 2 amide bonds. The topological polar surface area (TPSA) is 41.6 Å². The lowest BCUT2D eigenvalue weighted by Crippen LogP contribution is -2.50. The van der Waals surface area contributed by atoms with Crippen molar-refractivity contribution in [2.45, 2.75) is 38.8 Å². The second-order valence-electron chi connectivity index (χ2n) is 5.41. The summed E-state index contributed by atoms with van der Waals surface area (Å²) in [5.74, 6) is 0.517. The van der Waals surface area contributed by atoms with Crippen LogP contribution >= 0.6 is 11.3 Å². The number of hydrogen-bond donors (Lipinski definition) is 1. The molecule has 4 nitrogen and oxygen atoms in total. The third kappa shape index (κ3) is 3.52. The van der Waals surface area contributed by atoms with E-state index in [4.69, 9.17) is 4.74 Å². The maximum absolute atomic E-state index is 12.4. The lowest BCUT2D eigenvalue weighted by molar-refractivity contribution is 0.00682. The number of rotatable bonds is 4. The van der Waals surface area contributed by atoms with Crippen LogP contribution in [0.1, 0.15) is 37.6 Å². The molecule has 0 spiro atoms. The maximum Gasteiger partial charge on any atom is 0.317 e. The van der Waals surface area contributed by atoms with Crippen molar-refractivity contribution in [1.29, 1.82) is 0 Å². The van der Waals surface area contributed by atoms with E-state index in [-0.39, 0.29) is 18.2 Å². The highest BCUT2D eigenvalue weighted by atomic mass is 32.1. The molecule has 1 saturated heterocycles. The van der Waals surface area contributed by atoms with Gasteiger partial charge < -0.3 is 15.0 Å². The van der Waals surface area contributed by atoms with Crippen molar-refractivity contribution < 1.29 is 9.53 Å². The second kappa shape index (κ2) is 7.09. The number of nitrogens with zero attached hydrogens (tertiary/aromatic N) is 1. The van der Waals surface area contributed by atoms with Gasteiger partial charge in [0.1, 0.15) is 0 Å². The summed E-state index contributed by atoms with van der Waals surface area (Å²) < 4.78 is 5.47. The van der Waals surface area contributed by atoms with Gasteiger partial charge in [0, 0.05) is 25.1 Å². The monoisotopic (exact) mass is 296 g/mol. The Morgan fingerprint density at radius 2 is 2.45 bits per heavy atom. The van der Waals surface area contributed by atoms with Crippen molar-refractivity contribution in [3.8, 4) is 0 Å². The van der Waals surface area contributed by atoms with Crippen molar-refractivity contribution in [3.05, 3.63) is 22.4 Å². The highest BCUT2D eigenvalue weighted by molar-refractivity contribution is 7.10.